The highest BCUT2D eigenvalue weighted by atomic mass is 16.3. The Morgan fingerprint density at radius 3 is 2.52 bits per heavy atom. The largest absolute Gasteiger partial charge is 0.387 e. The number of likely N-dealkylation sites (tertiary alicyclic amines) is 2. The average Bonchev–Trinajstić information content (AvgIpc) is 3.60. The first-order valence-corrected chi connectivity index (χ1v) is 11.2. The minimum Gasteiger partial charge on any atom is -0.387 e. The Bertz CT molecular complexity index is 1430. The normalized spacial score (nSPS) is 28.2. The minimum absolute atomic E-state index is 0.00325. The number of nitrogens with zero attached hydrogens (tertiary/aromatic N) is 4. The van der Waals surface area contributed by atoms with Crippen molar-refractivity contribution in [1.82, 2.24) is 30.2 Å². The molecule has 4 aromatic rings. The summed E-state index contributed by atoms with van der Waals surface area (Å²) in [6.07, 6.45) is 1.86. The van der Waals surface area contributed by atoms with Crippen molar-refractivity contribution in [2.75, 3.05) is 26.2 Å². The van der Waals surface area contributed by atoms with Crippen molar-refractivity contribution in [2.24, 2.45) is 17.8 Å². The first kappa shape index (κ1) is 18.8. The van der Waals surface area contributed by atoms with Crippen LogP contribution in [0.1, 0.15) is 20.7 Å². The highest BCUT2D eigenvalue weighted by Gasteiger charge is 2.68. The lowest BCUT2D eigenvalue weighted by molar-refractivity contribution is -0.145. The summed E-state index contributed by atoms with van der Waals surface area (Å²) in [7, 11) is 0. The Labute approximate surface area is 188 Å². The van der Waals surface area contributed by atoms with Crippen molar-refractivity contribution in [1.29, 1.82) is 0 Å². The van der Waals surface area contributed by atoms with Gasteiger partial charge in [-0.15, -0.1) is 0 Å². The second kappa shape index (κ2) is 6.41. The van der Waals surface area contributed by atoms with Gasteiger partial charge < -0.3 is 19.9 Å². The van der Waals surface area contributed by atoms with Crippen molar-refractivity contribution >= 4 is 33.8 Å². The zero-order valence-electron chi connectivity index (χ0n) is 17.7. The number of carbonyl (C=O) groups is 2. The monoisotopic (exact) mass is 442 g/mol. The van der Waals surface area contributed by atoms with Gasteiger partial charge in [0, 0.05) is 54.3 Å². The quantitative estimate of drug-likeness (QED) is 0.436. The zero-order valence-corrected chi connectivity index (χ0v) is 17.7. The van der Waals surface area contributed by atoms with Gasteiger partial charge >= 0.3 is 0 Å². The standard InChI is InChI=1S/C24H22N6O3/c31-22(15-3-4-19-21(8-15)27-28-26-19)29-9-16-17(10-29)24(33)12-30(11-18(16)24)23(32)14-2-1-13-5-6-25-20(13)7-14/h1-8,16-18,25,33H,9-12H2,(H,26,27,28)/t16-,17+,18?,24?/m0/s1. The van der Waals surface area contributed by atoms with E-state index in [0.717, 1.165) is 16.4 Å². The molecule has 3 fully saturated rings. The van der Waals surface area contributed by atoms with Crippen LogP contribution in [0, 0.1) is 17.8 Å². The minimum atomic E-state index is -0.929. The van der Waals surface area contributed by atoms with Crippen molar-refractivity contribution in [3.8, 4) is 0 Å². The number of hydrogen-bond donors (Lipinski definition) is 3. The van der Waals surface area contributed by atoms with Gasteiger partial charge in [0.25, 0.3) is 11.8 Å². The molecule has 33 heavy (non-hydrogen) atoms. The highest BCUT2D eigenvalue weighted by molar-refractivity contribution is 5.99. The van der Waals surface area contributed by atoms with E-state index in [1.54, 1.807) is 23.1 Å². The fourth-order valence-electron chi connectivity index (χ4n) is 6.27. The van der Waals surface area contributed by atoms with E-state index in [4.69, 9.17) is 0 Å². The van der Waals surface area contributed by atoms with Crippen LogP contribution in [0.3, 0.4) is 0 Å². The molecule has 2 amide bonds. The fraction of sp³-hybridized carbons (Fsp3) is 0.333. The van der Waals surface area contributed by atoms with Gasteiger partial charge in [0.05, 0.1) is 12.1 Å². The summed E-state index contributed by atoms with van der Waals surface area (Å²) in [6, 6.07) is 12.9. The summed E-state index contributed by atoms with van der Waals surface area (Å²) in [4.78, 5) is 33.0. The molecule has 4 heterocycles. The third kappa shape index (κ3) is 2.56. The third-order valence-corrected chi connectivity index (χ3v) is 7.97. The Balaban J connectivity index is 1.08. The van der Waals surface area contributed by atoms with E-state index >= 15 is 0 Å². The van der Waals surface area contributed by atoms with E-state index < -0.39 is 5.60 Å². The van der Waals surface area contributed by atoms with Crippen LogP contribution in [-0.4, -0.2) is 78.9 Å². The van der Waals surface area contributed by atoms with Gasteiger partial charge in [-0.2, -0.15) is 15.4 Å². The molecular weight excluding hydrogens is 420 g/mol. The van der Waals surface area contributed by atoms with Gasteiger partial charge in [0.1, 0.15) is 11.0 Å². The molecule has 9 nitrogen and oxygen atoms in total. The number of H-pyrrole nitrogens is 2. The van der Waals surface area contributed by atoms with Gasteiger partial charge in [-0.3, -0.25) is 9.59 Å². The SMILES string of the molecule is O=C(c1ccc2n[nH]nc2c1)N1C[C@@H]2C3CN(C(=O)c4ccc5cc[nH]c5c4)CC3(O)[C@@H]2C1. The van der Waals surface area contributed by atoms with E-state index in [9.17, 15) is 14.7 Å². The molecule has 1 aliphatic carbocycles. The maximum atomic E-state index is 13.2. The number of amides is 2. The maximum absolute atomic E-state index is 13.2. The smallest absolute Gasteiger partial charge is 0.254 e. The third-order valence-electron chi connectivity index (χ3n) is 7.97. The van der Waals surface area contributed by atoms with Crippen LogP contribution in [0.4, 0.5) is 0 Å². The van der Waals surface area contributed by atoms with E-state index in [1.165, 1.54) is 0 Å². The van der Waals surface area contributed by atoms with E-state index in [-0.39, 0.29) is 29.6 Å². The molecule has 2 aromatic carbocycles. The second-order valence-corrected chi connectivity index (χ2v) is 9.57. The summed E-state index contributed by atoms with van der Waals surface area (Å²) >= 11 is 0. The summed E-state index contributed by atoms with van der Waals surface area (Å²) in [5.74, 6) is 0.0882. The Kier molecular flexibility index (Phi) is 3.66. The number of aromatic amines is 2. The number of aromatic nitrogens is 4. The number of hydrogen-bond acceptors (Lipinski definition) is 5. The topological polar surface area (TPSA) is 118 Å². The highest BCUT2D eigenvalue weighted by Crippen LogP contribution is 2.57. The number of benzene rings is 2. The number of carbonyl (C=O) groups excluding carboxylic acids is 2. The number of rotatable bonds is 2. The van der Waals surface area contributed by atoms with Crippen LogP contribution >= 0.6 is 0 Å². The second-order valence-electron chi connectivity index (χ2n) is 9.57. The fourth-order valence-corrected chi connectivity index (χ4v) is 6.27. The lowest BCUT2D eigenvalue weighted by atomic mass is 9.56. The summed E-state index contributed by atoms with van der Waals surface area (Å²) < 4.78 is 0. The van der Waals surface area contributed by atoms with Crippen LogP contribution in [0.5, 0.6) is 0 Å². The van der Waals surface area contributed by atoms with Crippen LogP contribution < -0.4 is 0 Å². The molecule has 1 saturated carbocycles. The van der Waals surface area contributed by atoms with Gasteiger partial charge in [-0.1, -0.05) is 6.07 Å². The molecule has 2 unspecified atom stereocenters. The number of aliphatic hydroxyl groups is 1. The van der Waals surface area contributed by atoms with Crippen LogP contribution in [-0.2, 0) is 0 Å². The molecule has 2 aliphatic heterocycles. The van der Waals surface area contributed by atoms with E-state index in [2.05, 4.69) is 20.4 Å². The molecule has 0 radical (unpaired) electrons. The summed E-state index contributed by atoms with van der Waals surface area (Å²) in [6.45, 7) is 1.94. The summed E-state index contributed by atoms with van der Waals surface area (Å²) in [5.41, 5.74) is 2.58. The molecule has 3 aliphatic rings. The number of fused-ring (bicyclic) bond motifs is 6. The molecule has 2 aromatic heterocycles. The lowest BCUT2D eigenvalue weighted by Crippen LogP contribution is -2.61. The van der Waals surface area contributed by atoms with Gasteiger partial charge in [-0.05, 0) is 47.7 Å². The molecule has 9 heteroatoms. The average molecular weight is 442 g/mol. The molecule has 3 N–H and O–H groups in total. The molecular formula is C24H22N6O3. The predicted octanol–water partition coefficient (Wildman–Crippen LogP) is 1.64. The lowest BCUT2D eigenvalue weighted by Gasteiger charge is -2.50. The predicted molar refractivity (Wildman–Crippen MR) is 119 cm³/mol. The molecule has 0 bridgehead atoms. The Hall–Kier alpha value is -3.72. The first-order valence-electron chi connectivity index (χ1n) is 11.2. The maximum Gasteiger partial charge on any atom is 0.254 e. The van der Waals surface area contributed by atoms with Crippen molar-refractivity contribution in [2.45, 2.75) is 5.60 Å². The van der Waals surface area contributed by atoms with Gasteiger partial charge in [-0.25, -0.2) is 0 Å². The van der Waals surface area contributed by atoms with Crippen molar-refractivity contribution in [3.63, 3.8) is 0 Å². The van der Waals surface area contributed by atoms with Gasteiger partial charge in [0.2, 0.25) is 0 Å². The van der Waals surface area contributed by atoms with Crippen molar-refractivity contribution < 1.29 is 14.7 Å². The summed E-state index contributed by atoms with van der Waals surface area (Å²) in [5, 5.41) is 23.2. The molecule has 4 atom stereocenters. The first-order chi connectivity index (χ1) is 16.0. The molecule has 2 saturated heterocycles. The molecule has 166 valence electrons. The van der Waals surface area contributed by atoms with Crippen LogP contribution in [0.25, 0.3) is 21.9 Å². The van der Waals surface area contributed by atoms with E-state index in [1.807, 2.05) is 35.4 Å². The number of nitrogens with one attached hydrogen (secondary N) is 2. The molecule has 0 spiro atoms. The number of β-amino-alcohol motifs (C(OH)–C–C–N with tert-alkyl or cyclic N) is 1. The Morgan fingerprint density at radius 1 is 0.909 bits per heavy atom. The van der Waals surface area contributed by atoms with Crippen LogP contribution in [0.15, 0.2) is 48.7 Å². The van der Waals surface area contributed by atoms with Crippen molar-refractivity contribution in [3.05, 3.63) is 59.8 Å². The Morgan fingerprint density at radius 2 is 1.64 bits per heavy atom. The van der Waals surface area contributed by atoms with Crippen LogP contribution in [0.2, 0.25) is 0 Å². The zero-order chi connectivity index (χ0) is 22.3. The molecule has 7 rings (SSSR count). The van der Waals surface area contributed by atoms with E-state index in [0.29, 0.717) is 42.8 Å². The van der Waals surface area contributed by atoms with Gasteiger partial charge in [0.15, 0.2) is 0 Å².